The minimum Gasteiger partial charge on any atom is -0.342 e. The van der Waals surface area contributed by atoms with E-state index >= 15 is 0 Å². The number of piperidine rings is 1. The van der Waals surface area contributed by atoms with Crippen LogP contribution >= 0.6 is 11.8 Å². The van der Waals surface area contributed by atoms with E-state index in [0.717, 1.165) is 35.6 Å². The molecule has 1 saturated heterocycles. The van der Waals surface area contributed by atoms with Crippen LogP contribution in [0.4, 0.5) is 5.69 Å². The molecule has 27 heavy (non-hydrogen) atoms. The van der Waals surface area contributed by atoms with Crippen LogP contribution in [0.3, 0.4) is 0 Å². The van der Waals surface area contributed by atoms with Gasteiger partial charge in [-0.2, -0.15) is 16.9 Å². The molecule has 2 aromatic rings. The third-order valence-corrected chi connectivity index (χ3v) is 5.41. The number of rotatable bonds is 5. The van der Waals surface area contributed by atoms with Crippen LogP contribution in [0.1, 0.15) is 24.2 Å². The van der Waals surface area contributed by atoms with Gasteiger partial charge in [0.25, 0.3) is 0 Å². The Labute approximate surface area is 164 Å². The van der Waals surface area contributed by atoms with Crippen molar-refractivity contribution < 1.29 is 9.59 Å². The summed E-state index contributed by atoms with van der Waals surface area (Å²) in [5, 5.41) is 7.48. The Morgan fingerprint density at radius 2 is 1.85 bits per heavy atom. The van der Waals surface area contributed by atoms with Crippen LogP contribution in [0.25, 0.3) is 5.69 Å². The summed E-state index contributed by atoms with van der Waals surface area (Å²) in [5.41, 5.74) is 3.81. The second kappa shape index (κ2) is 8.61. The Morgan fingerprint density at radius 3 is 2.41 bits per heavy atom. The maximum atomic E-state index is 12.5. The predicted octanol–water partition coefficient (Wildman–Crippen LogP) is 3.03. The smallest absolute Gasteiger partial charge is 0.232 e. The summed E-state index contributed by atoms with van der Waals surface area (Å²) in [7, 11) is 0. The molecule has 144 valence electrons. The standard InChI is InChI=1S/C20H26N4O2S/c1-14-12-15(2)24(22-14)18-6-4-17(5-7-18)21-20(26)16-8-10-23(11-9-16)19(25)13-27-3/h4-7,12,16H,8-11,13H2,1-3H3,(H,21,26). The summed E-state index contributed by atoms with van der Waals surface area (Å²) < 4.78 is 1.89. The maximum Gasteiger partial charge on any atom is 0.232 e. The number of likely N-dealkylation sites (tertiary alicyclic amines) is 1. The molecule has 1 fully saturated rings. The van der Waals surface area contributed by atoms with Gasteiger partial charge < -0.3 is 10.2 Å². The summed E-state index contributed by atoms with van der Waals surface area (Å²) >= 11 is 1.54. The van der Waals surface area contributed by atoms with Gasteiger partial charge in [0.05, 0.1) is 17.1 Å². The zero-order chi connectivity index (χ0) is 19.4. The number of amides is 2. The van der Waals surface area contributed by atoms with Crippen LogP contribution in [-0.2, 0) is 9.59 Å². The van der Waals surface area contributed by atoms with Crippen molar-refractivity contribution in [1.29, 1.82) is 0 Å². The number of anilines is 1. The Balaban J connectivity index is 1.56. The number of hydrogen-bond acceptors (Lipinski definition) is 4. The summed E-state index contributed by atoms with van der Waals surface area (Å²) in [6, 6.07) is 9.76. The molecule has 0 aliphatic carbocycles. The Hall–Kier alpha value is -2.28. The van der Waals surface area contributed by atoms with Crippen molar-refractivity contribution in [3.05, 3.63) is 41.7 Å². The normalized spacial score (nSPS) is 15.0. The number of nitrogens with zero attached hydrogens (tertiary/aromatic N) is 3. The van der Waals surface area contributed by atoms with Crippen LogP contribution in [-0.4, -0.2) is 51.6 Å². The molecular formula is C20H26N4O2S. The molecule has 1 N–H and O–H groups in total. The topological polar surface area (TPSA) is 67.2 Å². The van der Waals surface area contributed by atoms with Crippen molar-refractivity contribution in [3.8, 4) is 5.69 Å². The van der Waals surface area contributed by atoms with Gasteiger partial charge >= 0.3 is 0 Å². The van der Waals surface area contributed by atoms with Crippen LogP contribution in [0, 0.1) is 19.8 Å². The van der Waals surface area contributed by atoms with Crippen LogP contribution in [0.5, 0.6) is 0 Å². The highest BCUT2D eigenvalue weighted by atomic mass is 32.2. The van der Waals surface area contributed by atoms with Crippen LogP contribution in [0.15, 0.2) is 30.3 Å². The van der Waals surface area contributed by atoms with Crippen molar-refractivity contribution in [2.75, 3.05) is 30.4 Å². The first kappa shape index (κ1) is 19.5. The lowest BCUT2D eigenvalue weighted by atomic mass is 9.96. The fourth-order valence-corrected chi connectivity index (χ4v) is 3.86. The summed E-state index contributed by atoms with van der Waals surface area (Å²) in [5.74, 6) is 0.671. The van der Waals surface area contributed by atoms with Crippen molar-refractivity contribution in [2.45, 2.75) is 26.7 Å². The first-order valence-electron chi connectivity index (χ1n) is 9.19. The van der Waals surface area contributed by atoms with E-state index in [1.807, 2.05) is 60.0 Å². The van der Waals surface area contributed by atoms with Gasteiger partial charge in [0.1, 0.15) is 0 Å². The average Bonchev–Trinajstić information content (AvgIpc) is 3.01. The van der Waals surface area contributed by atoms with Gasteiger partial charge in [0.15, 0.2) is 0 Å². The van der Waals surface area contributed by atoms with E-state index in [9.17, 15) is 9.59 Å². The average molecular weight is 387 g/mol. The van der Waals surface area contributed by atoms with E-state index in [1.54, 1.807) is 0 Å². The largest absolute Gasteiger partial charge is 0.342 e. The molecule has 0 unspecified atom stereocenters. The monoisotopic (exact) mass is 386 g/mol. The Kier molecular flexibility index (Phi) is 6.21. The van der Waals surface area contributed by atoms with Gasteiger partial charge in [0, 0.05) is 30.4 Å². The lowest BCUT2D eigenvalue weighted by Gasteiger charge is -2.31. The molecule has 1 aromatic carbocycles. The molecule has 0 atom stereocenters. The molecule has 0 saturated carbocycles. The van der Waals surface area contributed by atoms with Gasteiger partial charge in [-0.15, -0.1) is 0 Å². The molecule has 2 amide bonds. The molecule has 0 spiro atoms. The molecular weight excluding hydrogens is 360 g/mol. The molecule has 0 radical (unpaired) electrons. The number of thioether (sulfide) groups is 1. The van der Waals surface area contributed by atoms with Gasteiger partial charge in [-0.05, 0) is 63.3 Å². The summed E-state index contributed by atoms with van der Waals surface area (Å²) in [6.07, 6.45) is 3.36. The van der Waals surface area contributed by atoms with Crippen LogP contribution in [0.2, 0.25) is 0 Å². The van der Waals surface area contributed by atoms with Crippen LogP contribution < -0.4 is 5.32 Å². The number of aryl methyl sites for hydroxylation is 2. The second-order valence-electron chi connectivity index (χ2n) is 6.96. The summed E-state index contributed by atoms with van der Waals surface area (Å²) in [6.45, 7) is 5.31. The Bertz CT molecular complexity index is 808. The van der Waals surface area contributed by atoms with Crippen molar-refractivity contribution in [3.63, 3.8) is 0 Å². The Morgan fingerprint density at radius 1 is 1.19 bits per heavy atom. The summed E-state index contributed by atoms with van der Waals surface area (Å²) in [4.78, 5) is 26.3. The SMILES string of the molecule is CSCC(=O)N1CCC(C(=O)Nc2ccc(-n3nc(C)cc3C)cc2)CC1. The number of nitrogens with one attached hydrogen (secondary N) is 1. The van der Waals surface area contributed by atoms with Gasteiger partial charge in [0.2, 0.25) is 11.8 Å². The molecule has 0 bridgehead atoms. The van der Waals surface area contributed by atoms with E-state index in [4.69, 9.17) is 0 Å². The van der Waals surface area contributed by atoms with E-state index in [2.05, 4.69) is 10.4 Å². The van der Waals surface area contributed by atoms with E-state index < -0.39 is 0 Å². The lowest BCUT2D eigenvalue weighted by Crippen LogP contribution is -2.42. The fourth-order valence-electron chi connectivity index (χ4n) is 3.43. The highest BCUT2D eigenvalue weighted by Crippen LogP contribution is 2.21. The number of aromatic nitrogens is 2. The number of carbonyl (C=O) groups is 2. The zero-order valence-corrected chi connectivity index (χ0v) is 16.9. The minimum absolute atomic E-state index is 0.0332. The second-order valence-corrected chi connectivity index (χ2v) is 7.83. The molecule has 6 nitrogen and oxygen atoms in total. The maximum absolute atomic E-state index is 12.5. The van der Waals surface area contributed by atoms with Crippen molar-refractivity contribution in [2.24, 2.45) is 5.92 Å². The highest BCUT2D eigenvalue weighted by Gasteiger charge is 2.27. The molecule has 1 aromatic heterocycles. The lowest BCUT2D eigenvalue weighted by molar-refractivity contribution is -0.132. The molecule has 3 rings (SSSR count). The quantitative estimate of drug-likeness (QED) is 0.858. The number of benzene rings is 1. The first-order valence-corrected chi connectivity index (χ1v) is 10.6. The van der Waals surface area contributed by atoms with E-state index in [1.165, 1.54) is 11.8 Å². The fraction of sp³-hybridized carbons (Fsp3) is 0.450. The highest BCUT2D eigenvalue weighted by molar-refractivity contribution is 7.99. The predicted molar refractivity (Wildman–Crippen MR) is 109 cm³/mol. The van der Waals surface area contributed by atoms with Crippen molar-refractivity contribution in [1.82, 2.24) is 14.7 Å². The third kappa shape index (κ3) is 4.71. The number of hydrogen-bond donors (Lipinski definition) is 1. The van der Waals surface area contributed by atoms with Gasteiger partial charge in [-0.3, -0.25) is 9.59 Å². The minimum atomic E-state index is -0.0426. The molecule has 2 heterocycles. The molecule has 1 aliphatic heterocycles. The molecule has 7 heteroatoms. The van der Waals surface area contributed by atoms with E-state index in [0.29, 0.717) is 18.8 Å². The first-order chi connectivity index (χ1) is 13.0. The van der Waals surface area contributed by atoms with Gasteiger partial charge in [-0.1, -0.05) is 0 Å². The van der Waals surface area contributed by atoms with Crippen molar-refractivity contribution >= 4 is 29.3 Å². The van der Waals surface area contributed by atoms with Gasteiger partial charge in [-0.25, -0.2) is 4.68 Å². The molecule has 1 aliphatic rings. The third-order valence-electron chi connectivity index (χ3n) is 4.88. The number of carbonyl (C=O) groups excluding carboxylic acids is 2. The van der Waals surface area contributed by atoms with E-state index in [-0.39, 0.29) is 17.7 Å². The zero-order valence-electron chi connectivity index (χ0n) is 16.1.